The minimum Gasteiger partial charge on any atom is -0.456 e. The van der Waals surface area contributed by atoms with Gasteiger partial charge < -0.3 is 4.42 Å². The van der Waals surface area contributed by atoms with Crippen molar-refractivity contribution in [3.8, 4) is 67.5 Å². The first-order valence-electron chi connectivity index (χ1n) is 17.8. The van der Waals surface area contributed by atoms with Crippen LogP contribution in [0.3, 0.4) is 0 Å². The summed E-state index contributed by atoms with van der Waals surface area (Å²) in [6, 6.07) is 65.3. The summed E-state index contributed by atoms with van der Waals surface area (Å²) < 4.78 is 6.39. The summed E-state index contributed by atoms with van der Waals surface area (Å²) >= 11 is 0. The van der Waals surface area contributed by atoms with E-state index in [2.05, 4.69) is 127 Å². The van der Waals surface area contributed by atoms with Crippen molar-refractivity contribution in [3.63, 3.8) is 0 Å². The van der Waals surface area contributed by atoms with E-state index in [1.165, 1.54) is 10.8 Å². The van der Waals surface area contributed by atoms with Gasteiger partial charge in [0.05, 0.1) is 0 Å². The first kappa shape index (κ1) is 30.6. The zero-order valence-corrected chi connectivity index (χ0v) is 28.6. The third-order valence-corrected chi connectivity index (χ3v) is 9.88. The molecule has 2 heterocycles. The molecule has 4 nitrogen and oxygen atoms in total. The Hall–Kier alpha value is -7.17. The lowest BCUT2D eigenvalue weighted by Gasteiger charge is -2.11. The second-order valence-electron chi connectivity index (χ2n) is 13.3. The highest BCUT2D eigenvalue weighted by molar-refractivity contribution is 6.10. The molecule has 0 spiro atoms. The molecule has 8 aromatic carbocycles. The van der Waals surface area contributed by atoms with Crippen LogP contribution in [0.1, 0.15) is 0 Å². The Bertz CT molecular complexity index is 2890. The molecule has 0 bridgehead atoms. The molecule has 0 saturated heterocycles. The zero-order valence-electron chi connectivity index (χ0n) is 28.6. The van der Waals surface area contributed by atoms with Gasteiger partial charge in [-0.1, -0.05) is 146 Å². The normalized spacial score (nSPS) is 11.4. The van der Waals surface area contributed by atoms with E-state index in [-0.39, 0.29) is 0 Å². The fourth-order valence-electron chi connectivity index (χ4n) is 7.17. The number of furan rings is 1. The lowest BCUT2D eigenvalue weighted by Crippen LogP contribution is -2.00. The lowest BCUT2D eigenvalue weighted by molar-refractivity contribution is 0.669. The van der Waals surface area contributed by atoms with E-state index in [0.717, 1.165) is 72.0 Å². The van der Waals surface area contributed by atoms with Crippen molar-refractivity contribution in [1.29, 1.82) is 0 Å². The highest BCUT2D eigenvalue weighted by atomic mass is 16.3. The third-order valence-electron chi connectivity index (χ3n) is 9.88. The second-order valence-corrected chi connectivity index (χ2v) is 13.3. The second kappa shape index (κ2) is 12.9. The Labute approximate surface area is 306 Å². The maximum absolute atomic E-state index is 6.39. The maximum atomic E-state index is 6.39. The quantitative estimate of drug-likeness (QED) is 0.176. The fraction of sp³-hybridized carbons (Fsp3) is 0. The summed E-state index contributed by atoms with van der Waals surface area (Å²) in [5.41, 5.74) is 11.4. The van der Waals surface area contributed by atoms with E-state index in [9.17, 15) is 0 Å². The Morgan fingerprint density at radius 1 is 0.264 bits per heavy atom. The van der Waals surface area contributed by atoms with Crippen molar-refractivity contribution in [2.75, 3.05) is 0 Å². The van der Waals surface area contributed by atoms with Crippen molar-refractivity contribution < 1.29 is 4.42 Å². The van der Waals surface area contributed by atoms with E-state index in [1.807, 2.05) is 60.7 Å². The Morgan fingerprint density at radius 3 is 1.21 bits per heavy atom. The predicted octanol–water partition coefficient (Wildman–Crippen LogP) is 12.9. The molecule has 4 heteroatoms. The van der Waals surface area contributed by atoms with Crippen LogP contribution in [0.15, 0.2) is 192 Å². The molecule has 0 unspecified atom stereocenters. The number of aromatic nitrogens is 3. The molecule has 0 aliphatic rings. The molecule has 0 N–H and O–H groups in total. The van der Waals surface area contributed by atoms with Crippen LogP contribution in [-0.4, -0.2) is 15.0 Å². The minimum absolute atomic E-state index is 0.637. The van der Waals surface area contributed by atoms with Crippen LogP contribution in [0.4, 0.5) is 0 Å². The van der Waals surface area contributed by atoms with Gasteiger partial charge in [-0.2, -0.15) is 0 Å². The molecule has 10 aromatic rings. The van der Waals surface area contributed by atoms with Crippen molar-refractivity contribution in [1.82, 2.24) is 15.0 Å². The molecular formula is C49H31N3O. The molecule has 0 fully saturated rings. The molecule has 0 atom stereocenters. The Kier molecular flexibility index (Phi) is 7.43. The van der Waals surface area contributed by atoms with Crippen LogP contribution >= 0.6 is 0 Å². The number of fused-ring (bicyclic) bond motifs is 4. The van der Waals surface area contributed by atoms with Gasteiger partial charge in [0.25, 0.3) is 0 Å². The molecule has 2 aromatic heterocycles. The molecule has 0 aliphatic heterocycles. The number of nitrogens with zero attached hydrogens (tertiary/aromatic N) is 3. The topological polar surface area (TPSA) is 51.8 Å². The number of hydrogen-bond donors (Lipinski definition) is 0. The largest absolute Gasteiger partial charge is 0.456 e. The molecule has 0 amide bonds. The van der Waals surface area contributed by atoms with Gasteiger partial charge >= 0.3 is 0 Å². The van der Waals surface area contributed by atoms with Gasteiger partial charge in [-0.15, -0.1) is 0 Å². The van der Waals surface area contributed by atoms with Gasteiger partial charge in [0.15, 0.2) is 17.5 Å². The third kappa shape index (κ3) is 5.82. The molecule has 0 radical (unpaired) electrons. The number of hydrogen-bond acceptors (Lipinski definition) is 4. The average molecular weight is 678 g/mol. The molecule has 53 heavy (non-hydrogen) atoms. The zero-order chi connectivity index (χ0) is 35.1. The van der Waals surface area contributed by atoms with Crippen molar-refractivity contribution in [2.24, 2.45) is 0 Å². The van der Waals surface area contributed by atoms with Crippen molar-refractivity contribution >= 4 is 32.7 Å². The molecule has 248 valence electrons. The van der Waals surface area contributed by atoms with Crippen molar-refractivity contribution in [2.45, 2.75) is 0 Å². The van der Waals surface area contributed by atoms with Crippen molar-refractivity contribution in [3.05, 3.63) is 188 Å². The van der Waals surface area contributed by atoms with Gasteiger partial charge in [-0.05, 0) is 86.6 Å². The first-order valence-corrected chi connectivity index (χ1v) is 17.8. The number of benzene rings is 8. The first-order chi connectivity index (χ1) is 26.2. The van der Waals surface area contributed by atoms with Crippen LogP contribution in [-0.2, 0) is 0 Å². The number of rotatable bonds is 6. The minimum atomic E-state index is 0.637. The standard InChI is InChI=1S/C49H31N3O/c1-3-12-32(13-4-1)47-50-48(33-14-5-2-6-15-33)52-49(51-47)42-23-11-22-38(28-42)36-20-9-18-34(26-36)35-19-10-21-37(27-35)41-24-25-43-44-29-39-16-7-8-17-40(39)30-46(44)53-45(43)31-41/h1-31H. The average Bonchev–Trinajstić information content (AvgIpc) is 3.60. The molecule has 10 rings (SSSR count). The summed E-state index contributed by atoms with van der Waals surface area (Å²) in [7, 11) is 0. The summed E-state index contributed by atoms with van der Waals surface area (Å²) in [6.07, 6.45) is 0. The van der Waals surface area contributed by atoms with Gasteiger partial charge in [0.1, 0.15) is 11.2 Å². The predicted molar refractivity (Wildman–Crippen MR) is 217 cm³/mol. The van der Waals surface area contributed by atoms with Gasteiger partial charge in [-0.25, -0.2) is 15.0 Å². The van der Waals surface area contributed by atoms with Gasteiger partial charge in [0, 0.05) is 27.5 Å². The van der Waals surface area contributed by atoms with Crippen LogP contribution in [0.5, 0.6) is 0 Å². The van der Waals surface area contributed by atoms with E-state index < -0.39 is 0 Å². The summed E-state index contributed by atoms with van der Waals surface area (Å²) in [5.74, 6) is 1.93. The lowest BCUT2D eigenvalue weighted by atomic mass is 9.95. The van der Waals surface area contributed by atoms with Gasteiger partial charge in [-0.3, -0.25) is 0 Å². The maximum Gasteiger partial charge on any atom is 0.164 e. The smallest absolute Gasteiger partial charge is 0.164 e. The summed E-state index contributed by atoms with van der Waals surface area (Å²) in [5, 5.41) is 4.67. The van der Waals surface area contributed by atoms with E-state index in [1.54, 1.807) is 0 Å². The SMILES string of the molecule is c1ccc(-c2nc(-c3ccccc3)nc(-c3cccc(-c4cccc(-c5cccc(-c6ccc7c(c6)oc6cc8ccccc8cc67)c5)c4)c3)n2)cc1. The van der Waals surface area contributed by atoms with E-state index in [4.69, 9.17) is 19.4 Å². The highest BCUT2D eigenvalue weighted by Crippen LogP contribution is 2.36. The van der Waals surface area contributed by atoms with E-state index >= 15 is 0 Å². The molecule has 0 aliphatic carbocycles. The van der Waals surface area contributed by atoms with Crippen LogP contribution < -0.4 is 0 Å². The fourth-order valence-corrected chi connectivity index (χ4v) is 7.17. The highest BCUT2D eigenvalue weighted by Gasteiger charge is 2.14. The molecular weight excluding hydrogens is 647 g/mol. The monoisotopic (exact) mass is 677 g/mol. The summed E-state index contributed by atoms with van der Waals surface area (Å²) in [6.45, 7) is 0. The van der Waals surface area contributed by atoms with Crippen LogP contribution in [0, 0.1) is 0 Å². The Morgan fingerprint density at radius 2 is 0.660 bits per heavy atom. The van der Waals surface area contributed by atoms with Crippen LogP contribution in [0.2, 0.25) is 0 Å². The van der Waals surface area contributed by atoms with Crippen LogP contribution in [0.25, 0.3) is 100 Å². The molecule has 0 saturated carbocycles. The van der Waals surface area contributed by atoms with E-state index in [0.29, 0.717) is 17.5 Å². The van der Waals surface area contributed by atoms with Gasteiger partial charge in [0.2, 0.25) is 0 Å². The Balaban J connectivity index is 0.991. The summed E-state index contributed by atoms with van der Waals surface area (Å²) in [4.78, 5) is 14.8.